The number of anilines is 1. The molecule has 2 aromatic carbocycles. The molecule has 0 atom stereocenters. The van der Waals surface area contributed by atoms with E-state index in [1.54, 1.807) is 13.8 Å². The van der Waals surface area contributed by atoms with Gasteiger partial charge in [-0.1, -0.05) is 47.5 Å². The van der Waals surface area contributed by atoms with E-state index in [4.69, 9.17) is 23.2 Å². The highest BCUT2D eigenvalue weighted by Gasteiger charge is 2.22. The van der Waals surface area contributed by atoms with Crippen LogP contribution in [0.2, 0.25) is 10.2 Å². The van der Waals surface area contributed by atoms with E-state index in [0.717, 1.165) is 28.3 Å². The summed E-state index contributed by atoms with van der Waals surface area (Å²) in [4.78, 5) is 6.74. The summed E-state index contributed by atoms with van der Waals surface area (Å²) >= 11 is 12.6. The molecule has 2 heterocycles. The van der Waals surface area contributed by atoms with Crippen LogP contribution in [0, 0.1) is 0 Å². The maximum atomic E-state index is 10.3. The number of nitrogens with zero attached hydrogens (tertiary/aromatic N) is 3. The van der Waals surface area contributed by atoms with E-state index in [1.807, 2.05) is 65.4 Å². The van der Waals surface area contributed by atoms with Gasteiger partial charge in [-0.15, -0.1) is 0 Å². The molecular formula is C21H19Cl2N3O. The molecule has 138 valence electrons. The lowest BCUT2D eigenvalue weighted by molar-refractivity contribution is 0.0786. The number of hydrogen-bond donors (Lipinski definition) is 1. The standard InChI is InChI=1S/C21H19Cl2N3O/c1-21(2,27)15-4-3-5-17(12-15)25-11-10-18-24-19(20(23)26(18)13-25)14-6-8-16(22)9-7-14/h3-12,27H,13H2,1-2H3. The van der Waals surface area contributed by atoms with Gasteiger partial charge in [0.05, 0.1) is 5.60 Å². The molecule has 1 N–H and O–H groups in total. The Morgan fingerprint density at radius 2 is 1.81 bits per heavy atom. The molecule has 0 radical (unpaired) electrons. The molecule has 0 spiro atoms. The molecule has 0 saturated carbocycles. The molecule has 6 heteroatoms. The predicted molar refractivity (Wildman–Crippen MR) is 111 cm³/mol. The zero-order valence-corrected chi connectivity index (χ0v) is 16.5. The Morgan fingerprint density at radius 1 is 1.07 bits per heavy atom. The Balaban J connectivity index is 1.67. The summed E-state index contributed by atoms with van der Waals surface area (Å²) in [6.07, 6.45) is 3.92. The molecular weight excluding hydrogens is 381 g/mol. The average Bonchev–Trinajstić information content (AvgIpc) is 2.98. The van der Waals surface area contributed by atoms with E-state index in [0.29, 0.717) is 16.8 Å². The highest BCUT2D eigenvalue weighted by Crippen LogP contribution is 2.33. The summed E-state index contributed by atoms with van der Waals surface area (Å²) in [5.41, 5.74) is 2.61. The smallest absolute Gasteiger partial charge is 0.138 e. The van der Waals surface area contributed by atoms with Gasteiger partial charge in [0.15, 0.2) is 0 Å². The van der Waals surface area contributed by atoms with Crippen molar-refractivity contribution in [3.8, 4) is 11.3 Å². The molecule has 0 unspecified atom stereocenters. The first kappa shape index (κ1) is 18.1. The lowest BCUT2D eigenvalue weighted by atomic mass is 9.98. The molecule has 3 aromatic rings. The van der Waals surface area contributed by atoms with Gasteiger partial charge >= 0.3 is 0 Å². The molecule has 27 heavy (non-hydrogen) atoms. The third-order valence-electron chi connectivity index (χ3n) is 4.63. The summed E-state index contributed by atoms with van der Waals surface area (Å²) in [6, 6.07) is 15.3. The first-order valence-electron chi connectivity index (χ1n) is 8.63. The van der Waals surface area contributed by atoms with Gasteiger partial charge in [0.2, 0.25) is 0 Å². The molecule has 1 aromatic heterocycles. The number of imidazole rings is 1. The zero-order chi connectivity index (χ0) is 19.2. The third kappa shape index (κ3) is 3.48. The second kappa shape index (κ2) is 6.71. The van der Waals surface area contributed by atoms with Gasteiger partial charge < -0.3 is 10.0 Å². The summed E-state index contributed by atoms with van der Waals surface area (Å²) in [7, 11) is 0. The molecule has 0 saturated heterocycles. The molecule has 4 nitrogen and oxygen atoms in total. The first-order chi connectivity index (χ1) is 12.8. The van der Waals surface area contributed by atoms with Crippen molar-refractivity contribution < 1.29 is 5.11 Å². The largest absolute Gasteiger partial charge is 0.386 e. The minimum Gasteiger partial charge on any atom is -0.386 e. The van der Waals surface area contributed by atoms with E-state index in [1.165, 1.54) is 0 Å². The van der Waals surface area contributed by atoms with Crippen LogP contribution in [0.25, 0.3) is 17.3 Å². The number of fused-ring (bicyclic) bond motifs is 1. The van der Waals surface area contributed by atoms with Crippen LogP contribution in [0.1, 0.15) is 25.2 Å². The lowest BCUT2D eigenvalue weighted by Crippen LogP contribution is -2.25. The minimum absolute atomic E-state index is 0.542. The fourth-order valence-electron chi connectivity index (χ4n) is 3.09. The number of aromatic nitrogens is 2. The third-order valence-corrected chi connectivity index (χ3v) is 5.27. The van der Waals surface area contributed by atoms with Crippen LogP contribution in [-0.2, 0) is 12.3 Å². The Morgan fingerprint density at radius 3 is 2.52 bits per heavy atom. The Kier molecular flexibility index (Phi) is 4.50. The van der Waals surface area contributed by atoms with Crippen molar-refractivity contribution in [3.05, 3.63) is 76.3 Å². The van der Waals surface area contributed by atoms with E-state index in [9.17, 15) is 5.11 Å². The summed E-state index contributed by atoms with van der Waals surface area (Å²) in [6.45, 7) is 4.10. The van der Waals surface area contributed by atoms with Gasteiger partial charge in [-0.2, -0.15) is 0 Å². The molecule has 4 rings (SSSR count). The van der Waals surface area contributed by atoms with Crippen LogP contribution >= 0.6 is 23.2 Å². The number of aliphatic hydroxyl groups is 1. The number of halogens is 2. The maximum absolute atomic E-state index is 10.3. The fraction of sp³-hybridized carbons (Fsp3) is 0.190. The van der Waals surface area contributed by atoms with Crippen molar-refractivity contribution in [2.45, 2.75) is 26.1 Å². The first-order valence-corrected chi connectivity index (χ1v) is 9.38. The van der Waals surface area contributed by atoms with E-state index in [2.05, 4.69) is 9.88 Å². The quantitative estimate of drug-likeness (QED) is 0.628. The van der Waals surface area contributed by atoms with E-state index >= 15 is 0 Å². The monoisotopic (exact) mass is 399 g/mol. The van der Waals surface area contributed by atoms with Crippen molar-refractivity contribution in [1.82, 2.24) is 9.55 Å². The second-order valence-corrected chi connectivity index (χ2v) is 7.88. The summed E-state index contributed by atoms with van der Waals surface area (Å²) in [5, 5.41) is 11.5. The molecule has 0 bridgehead atoms. The molecule has 0 fully saturated rings. The summed E-state index contributed by atoms with van der Waals surface area (Å²) in [5.74, 6) is 0.805. The van der Waals surface area contributed by atoms with Gasteiger partial charge in [0, 0.05) is 22.5 Å². The molecule has 1 aliphatic rings. The van der Waals surface area contributed by atoms with E-state index < -0.39 is 5.60 Å². The second-order valence-electron chi connectivity index (χ2n) is 7.08. The Labute approximate surface area is 168 Å². The minimum atomic E-state index is -0.894. The normalized spacial score (nSPS) is 13.7. The van der Waals surface area contributed by atoms with Crippen LogP contribution in [0.4, 0.5) is 5.69 Å². The lowest BCUT2D eigenvalue weighted by Gasteiger charge is -2.27. The summed E-state index contributed by atoms with van der Waals surface area (Å²) < 4.78 is 1.96. The number of rotatable bonds is 3. The number of hydrogen-bond acceptors (Lipinski definition) is 3. The zero-order valence-electron chi connectivity index (χ0n) is 15.0. The highest BCUT2D eigenvalue weighted by atomic mass is 35.5. The van der Waals surface area contributed by atoms with Crippen LogP contribution in [0.5, 0.6) is 0 Å². The van der Waals surface area contributed by atoms with Crippen LogP contribution < -0.4 is 4.90 Å². The van der Waals surface area contributed by atoms with Gasteiger partial charge in [-0.05, 0) is 49.8 Å². The van der Waals surface area contributed by atoms with Crippen LogP contribution in [0.3, 0.4) is 0 Å². The maximum Gasteiger partial charge on any atom is 0.138 e. The van der Waals surface area contributed by atoms with Crippen molar-refractivity contribution >= 4 is 35.0 Å². The molecule has 1 aliphatic heterocycles. The van der Waals surface area contributed by atoms with Gasteiger partial charge in [-0.25, -0.2) is 4.98 Å². The van der Waals surface area contributed by atoms with E-state index in [-0.39, 0.29) is 0 Å². The van der Waals surface area contributed by atoms with Crippen molar-refractivity contribution in [1.29, 1.82) is 0 Å². The average molecular weight is 400 g/mol. The number of benzene rings is 2. The topological polar surface area (TPSA) is 41.3 Å². The highest BCUT2D eigenvalue weighted by molar-refractivity contribution is 6.32. The van der Waals surface area contributed by atoms with Gasteiger partial charge in [0.25, 0.3) is 0 Å². The van der Waals surface area contributed by atoms with Crippen molar-refractivity contribution in [2.24, 2.45) is 0 Å². The Bertz CT molecular complexity index is 1020. The fourth-order valence-corrected chi connectivity index (χ4v) is 3.51. The van der Waals surface area contributed by atoms with Gasteiger partial charge in [0.1, 0.15) is 23.3 Å². The van der Waals surface area contributed by atoms with Crippen LogP contribution in [0.15, 0.2) is 54.7 Å². The Hall–Kier alpha value is -2.27. The molecule has 0 amide bonds. The van der Waals surface area contributed by atoms with Crippen molar-refractivity contribution in [2.75, 3.05) is 4.90 Å². The van der Waals surface area contributed by atoms with Crippen LogP contribution in [-0.4, -0.2) is 14.7 Å². The predicted octanol–water partition coefficient (Wildman–Crippen LogP) is 5.53. The van der Waals surface area contributed by atoms with Crippen molar-refractivity contribution in [3.63, 3.8) is 0 Å². The molecule has 0 aliphatic carbocycles. The SMILES string of the molecule is CC(C)(O)c1cccc(N2C=Cc3nc(-c4ccc(Cl)cc4)c(Cl)n3C2)c1. The van der Waals surface area contributed by atoms with Gasteiger partial charge in [-0.3, -0.25) is 4.57 Å².